The van der Waals surface area contributed by atoms with E-state index in [1.54, 1.807) is 0 Å². The van der Waals surface area contributed by atoms with Crippen molar-refractivity contribution in [2.75, 3.05) is 6.54 Å². The predicted octanol–water partition coefficient (Wildman–Crippen LogP) is 0.668. The Kier molecular flexibility index (Phi) is 2.94. The van der Waals surface area contributed by atoms with Gasteiger partial charge >= 0.3 is 0 Å². The number of H-pyrrole nitrogens is 2. The first-order chi connectivity index (χ1) is 9.11. The fourth-order valence-corrected chi connectivity index (χ4v) is 2.50. The first kappa shape index (κ1) is 12.1. The minimum absolute atomic E-state index is 0.0113. The molecule has 1 aliphatic heterocycles. The lowest BCUT2D eigenvalue weighted by Crippen LogP contribution is -2.35. The molecule has 1 aliphatic rings. The lowest BCUT2D eigenvalue weighted by Gasteiger charge is -2.26. The molecule has 6 nitrogen and oxygen atoms in total. The van der Waals surface area contributed by atoms with Crippen LogP contribution in [0.15, 0.2) is 11.0 Å². The van der Waals surface area contributed by atoms with E-state index in [4.69, 9.17) is 0 Å². The molecular formula is C13H17N5O. The highest BCUT2D eigenvalue weighted by atomic mass is 16.1. The van der Waals surface area contributed by atoms with Crippen LogP contribution in [0.25, 0.3) is 0 Å². The number of aryl methyl sites for hydroxylation is 2. The Labute approximate surface area is 110 Å². The van der Waals surface area contributed by atoms with E-state index >= 15 is 0 Å². The fraction of sp³-hybridized carbons (Fsp3) is 0.462. The van der Waals surface area contributed by atoms with E-state index in [-0.39, 0.29) is 5.56 Å². The number of aromatic amines is 2. The molecule has 3 heterocycles. The molecule has 0 spiro atoms. The van der Waals surface area contributed by atoms with Crippen molar-refractivity contribution >= 4 is 0 Å². The number of fused-ring (bicyclic) bond motifs is 1. The summed E-state index contributed by atoms with van der Waals surface area (Å²) in [6.45, 7) is 6.08. The highest BCUT2D eigenvalue weighted by Crippen LogP contribution is 2.15. The molecule has 100 valence electrons. The molecule has 0 saturated heterocycles. The molecule has 0 bridgehead atoms. The lowest BCUT2D eigenvalue weighted by atomic mass is 10.1. The highest BCUT2D eigenvalue weighted by Gasteiger charge is 2.21. The number of hydrogen-bond donors (Lipinski definition) is 2. The van der Waals surface area contributed by atoms with Crippen LogP contribution in [0.2, 0.25) is 0 Å². The van der Waals surface area contributed by atoms with Crippen molar-refractivity contribution in [1.82, 2.24) is 24.8 Å². The Balaban J connectivity index is 1.80. The molecule has 0 fully saturated rings. The molecule has 0 aliphatic carbocycles. The maximum atomic E-state index is 11.9. The fourth-order valence-electron chi connectivity index (χ4n) is 2.50. The van der Waals surface area contributed by atoms with E-state index < -0.39 is 0 Å². The van der Waals surface area contributed by atoms with Crippen LogP contribution in [0.4, 0.5) is 0 Å². The highest BCUT2D eigenvalue weighted by molar-refractivity contribution is 5.20. The molecule has 0 unspecified atom stereocenters. The molecule has 2 aromatic heterocycles. The molecule has 0 saturated carbocycles. The van der Waals surface area contributed by atoms with Crippen LogP contribution >= 0.6 is 0 Å². The number of nitrogens with zero attached hydrogens (tertiary/aromatic N) is 3. The van der Waals surface area contributed by atoms with Crippen molar-refractivity contribution in [3.8, 4) is 0 Å². The molecular weight excluding hydrogens is 242 g/mol. The molecule has 3 rings (SSSR count). The Morgan fingerprint density at radius 1 is 1.37 bits per heavy atom. The Morgan fingerprint density at radius 3 is 2.95 bits per heavy atom. The van der Waals surface area contributed by atoms with Gasteiger partial charge in [-0.1, -0.05) is 0 Å². The zero-order valence-electron chi connectivity index (χ0n) is 11.2. The molecule has 2 aromatic rings. The minimum atomic E-state index is -0.0113. The zero-order valence-corrected chi connectivity index (χ0v) is 11.2. The summed E-state index contributed by atoms with van der Waals surface area (Å²) in [6.07, 6.45) is 2.64. The third kappa shape index (κ3) is 2.44. The van der Waals surface area contributed by atoms with Gasteiger partial charge in [0.25, 0.3) is 5.56 Å². The van der Waals surface area contributed by atoms with Crippen LogP contribution in [0, 0.1) is 13.8 Å². The van der Waals surface area contributed by atoms with Crippen molar-refractivity contribution in [3.05, 3.63) is 45.2 Å². The SMILES string of the molecule is Cc1cnc(CN2CCc3nc(C)[nH]c(=O)c3C2)[nH]1. The topological polar surface area (TPSA) is 77.7 Å². The number of rotatable bonds is 2. The van der Waals surface area contributed by atoms with Crippen molar-refractivity contribution in [3.63, 3.8) is 0 Å². The van der Waals surface area contributed by atoms with Crippen molar-refractivity contribution in [1.29, 1.82) is 0 Å². The second kappa shape index (κ2) is 4.62. The summed E-state index contributed by atoms with van der Waals surface area (Å²) in [5, 5.41) is 0. The van der Waals surface area contributed by atoms with Gasteiger partial charge in [0, 0.05) is 31.4 Å². The van der Waals surface area contributed by atoms with Gasteiger partial charge in [-0.3, -0.25) is 9.69 Å². The molecule has 6 heteroatoms. The van der Waals surface area contributed by atoms with E-state index in [2.05, 4.69) is 24.8 Å². The van der Waals surface area contributed by atoms with Crippen LogP contribution in [-0.4, -0.2) is 31.4 Å². The molecule has 19 heavy (non-hydrogen) atoms. The van der Waals surface area contributed by atoms with Crippen LogP contribution in [0.3, 0.4) is 0 Å². The van der Waals surface area contributed by atoms with E-state index in [1.165, 1.54) is 0 Å². The number of hydrogen-bond acceptors (Lipinski definition) is 4. The Hall–Kier alpha value is -1.95. The molecule has 2 N–H and O–H groups in total. The summed E-state index contributed by atoms with van der Waals surface area (Å²) < 4.78 is 0. The average molecular weight is 259 g/mol. The van der Waals surface area contributed by atoms with Gasteiger partial charge in [-0.05, 0) is 13.8 Å². The van der Waals surface area contributed by atoms with E-state index in [9.17, 15) is 4.79 Å². The van der Waals surface area contributed by atoms with Crippen LogP contribution in [0.5, 0.6) is 0 Å². The maximum Gasteiger partial charge on any atom is 0.255 e. The van der Waals surface area contributed by atoms with Gasteiger partial charge < -0.3 is 9.97 Å². The standard InChI is InChI=1S/C13H17N5O/c1-8-5-14-12(15-8)7-18-4-3-11-10(6-18)13(19)17-9(2)16-11/h5H,3-4,6-7H2,1-2H3,(H,14,15)(H,16,17,19). The van der Waals surface area contributed by atoms with Gasteiger partial charge in [-0.2, -0.15) is 0 Å². The van der Waals surface area contributed by atoms with Crippen molar-refractivity contribution in [2.24, 2.45) is 0 Å². The van der Waals surface area contributed by atoms with Gasteiger partial charge in [0.2, 0.25) is 0 Å². The molecule has 0 amide bonds. The van der Waals surface area contributed by atoms with Crippen molar-refractivity contribution < 1.29 is 0 Å². The first-order valence-electron chi connectivity index (χ1n) is 6.43. The predicted molar refractivity (Wildman–Crippen MR) is 70.7 cm³/mol. The molecule has 0 aromatic carbocycles. The normalized spacial score (nSPS) is 15.5. The quantitative estimate of drug-likeness (QED) is 0.831. The molecule has 0 atom stereocenters. The summed E-state index contributed by atoms with van der Waals surface area (Å²) in [7, 11) is 0. The summed E-state index contributed by atoms with van der Waals surface area (Å²) in [4.78, 5) is 28.9. The van der Waals surface area contributed by atoms with Crippen LogP contribution in [-0.2, 0) is 19.5 Å². The monoisotopic (exact) mass is 259 g/mol. The van der Waals surface area contributed by atoms with Crippen LogP contribution in [0.1, 0.15) is 28.6 Å². The maximum absolute atomic E-state index is 11.9. The Morgan fingerprint density at radius 2 is 2.21 bits per heavy atom. The van der Waals surface area contributed by atoms with Crippen molar-refractivity contribution in [2.45, 2.75) is 33.4 Å². The van der Waals surface area contributed by atoms with Gasteiger partial charge in [0.1, 0.15) is 11.6 Å². The largest absolute Gasteiger partial charge is 0.345 e. The minimum Gasteiger partial charge on any atom is -0.345 e. The summed E-state index contributed by atoms with van der Waals surface area (Å²) in [5.74, 6) is 1.64. The molecule has 0 radical (unpaired) electrons. The smallest absolute Gasteiger partial charge is 0.255 e. The average Bonchev–Trinajstić information content (AvgIpc) is 2.75. The van der Waals surface area contributed by atoms with Crippen LogP contribution < -0.4 is 5.56 Å². The van der Waals surface area contributed by atoms with E-state index in [1.807, 2.05) is 20.0 Å². The lowest BCUT2D eigenvalue weighted by molar-refractivity contribution is 0.236. The zero-order chi connectivity index (χ0) is 13.4. The van der Waals surface area contributed by atoms with Gasteiger partial charge in [0.15, 0.2) is 0 Å². The summed E-state index contributed by atoms with van der Waals surface area (Å²) >= 11 is 0. The second-order valence-electron chi connectivity index (χ2n) is 5.05. The third-order valence-electron chi connectivity index (χ3n) is 3.39. The van der Waals surface area contributed by atoms with E-state index in [0.29, 0.717) is 12.4 Å². The Bertz CT molecular complexity index is 657. The number of imidazole rings is 1. The number of aromatic nitrogens is 4. The third-order valence-corrected chi connectivity index (χ3v) is 3.39. The van der Waals surface area contributed by atoms with Gasteiger partial charge in [0.05, 0.1) is 17.8 Å². The number of nitrogens with one attached hydrogen (secondary N) is 2. The summed E-state index contributed by atoms with van der Waals surface area (Å²) in [6, 6.07) is 0. The summed E-state index contributed by atoms with van der Waals surface area (Å²) in [5.41, 5.74) is 2.78. The first-order valence-corrected chi connectivity index (χ1v) is 6.43. The van der Waals surface area contributed by atoms with Gasteiger partial charge in [-0.25, -0.2) is 9.97 Å². The van der Waals surface area contributed by atoms with Gasteiger partial charge in [-0.15, -0.1) is 0 Å². The second-order valence-corrected chi connectivity index (χ2v) is 5.05. The van der Waals surface area contributed by atoms with E-state index in [0.717, 1.165) is 42.3 Å².